The second-order valence-corrected chi connectivity index (χ2v) is 4.52. The van der Waals surface area contributed by atoms with Crippen LogP contribution in [0.1, 0.15) is 40.9 Å². The number of hydrogen-bond donors (Lipinski definition) is 2. The third-order valence-electron chi connectivity index (χ3n) is 2.80. The number of H-pyrrole nitrogens is 1. The summed E-state index contributed by atoms with van der Waals surface area (Å²) in [6.45, 7) is 4.57. The van der Waals surface area contributed by atoms with Crippen LogP contribution in [0.4, 0.5) is 0 Å². The van der Waals surface area contributed by atoms with Crippen molar-refractivity contribution in [3.8, 4) is 0 Å². The molecule has 0 unspecified atom stereocenters. The number of nitrogens with one attached hydrogen (secondary N) is 2. The van der Waals surface area contributed by atoms with Gasteiger partial charge in [-0.1, -0.05) is 36.8 Å². The minimum Gasteiger partial charge on any atom is -0.345 e. The maximum Gasteiger partial charge on any atom is 0.291 e. The fourth-order valence-electron chi connectivity index (χ4n) is 1.71. The van der Waals surface area contributed by atoms with Gasteiger partial charge in [-0.15, -0.1) is 5.10 Å². The molecule has 0 aliphatic heterocycles. The third-order valence-corrected chi connectivity index (χ3v) is 2.80. The summed E-state index contributed by atoms with van der Waals surface area (Å²) in [5.74, 6) is 0.706. The minimum atomic E-state index is -0.251. The Hall–Kier alpha value is -2.17. The number of hydrogen-bond acceptors (Lipinski definition) is 3. The van der Waals surface area contributed by atoms with E-state index in [1.165, 1.54) is 5.56 Å². The first-order valence-corrected chi connectivity index (χ1v) is 6.44. The van der Waals surface area contributed by atoms with Crippen molar-refractivity contribution < 1.29 is 4.79 Å². The normalized spacial score (nSPS) is 10.4. The zero-order valence-electron chi connectivity index (χ0n) is 11.2. The number of nitrogens with zero attached hydrogens (tertiary/aromatic N) is 2. The molecule has 0 spiro atoms. The van der Waals surface area contributed by atoms with Gasteiger partial charge in [-0.05, 0) is 18.9 Å². The highest BCUT2D eigenvalue weighted by Gasteiger charge is 2.11. The molecule has 0 aliphatic rings. The molecule has 0 bridgehead atoms. The van der Waals surface area contributed by atoms with Crippen LogP contribution in [0.3, 0.4) is 0 Å². The van der Waals surface area contributed by atoms with Gasteiger partial charge in [0.25, 0.3) is 5.91 Å². The molecule has 2 rings (SSSR count). The molecule has 0 saturated carbocycles. The Morgan fingerprint density at radius 1 is 1.32 bits per heavy atom. The maximum absolute atomic E-state index is 11.8. The monoisotopic (exact) mass is 258 g/mol. The molecule has 0 radical (unpaired) electrons. The minimum absolute atomic E-state index is 0.204. The number of carbonyl (C=O) groups excluding carboxylic acids is 1. The molecule has 0 saturated heterocycles. The van der Waals surface area contributed by atoms with Crippen molar-refractivity contribution in [3.63, 3.8) is 0 Å². The van der Waals surface area contributed by atoms with Crippen molar-refractivity contribution in [1.82, 2.24) is 20.5 Å². The number of carbonyl (C=O) groups is 1. The average Bonchev–Trinajstić information content (AvgIpc) is 2.87. The molecule has 0 atom stereocenters. The lowest BCUT2D eigenvalue weighted by atomic mass is 10.1. The van der Waals surface area contributed by atoms with Crippen molar-refractivity contribution in [2.75, 3.05) is 0 Å². The Balaban J connectivity index is 1.91. The van der Waals surface area contributed by atoms with Crippen LogP contribution in [0.25, 0.3) is 0 Å². The standard InChI is InChI=1S/C14H18N4O/c1-3-4-12-16-13(18-17-12)14(19)15-9-11-7-5-10(2)6-8-11/h5-8H,3-4,9H2,1-2H3,(H,15,19)(H,16,17,18). The number of benzene rings is 1. The van der Waals surface area contributed by atoms with Gasteiger partial charge in [-0.2, -0.15) is 0 Å². The number of aromatic amines is 1. The third kappa shape index (κ3) is 3.64. The predicted octanol–water partition coefficient (Wildman–Crippen LogP) is 2.00. The molecule has 1 amide bonds. The Labute approximate surface area is 112 Å². The first-order chi connectivity index (χ1) is 9.19. The van der Waals surface area contributed by atoms with Crippen LogP contribution in [0.5, 0.6) is 0 Å². The molecular weight excluding hydrogens is 240 g/mol. The topological polar surface area (TPSA) is 70.7 Å². The zero-order valence-corrected chi connectivity index (χ0v) is 11.2. The summed E-state index contributed by atoms with van der Waals surface area (Å²) in [7, 11) is 0. The molecule has 0 fully saturated rings. The van der Waals surface area contributed by atoms with Gasteiger partial charge in [-0.3, -0.25) is 9.89 Å². The van der Waals surface area contributed by atoms with E-state index in [2.05, 4.69) is 27.4 Å². The number of amides is 1. The van der Waals surface area contributed by atoms with Gasteiger partial charge in [-0.25, -0.2) is 4.98 Å². The van der Waals surface area contributed by atoms with E-state index in [-0.39, 0.29) is 11.7 Å². The lowest BCUT2D eigenvalue weighted by Crippen LogP contribution is -2.24. The summed E-state index contributed by atoms with van der Waals surface area (Å²) in [6, 6.07) is 8.04. The van der Waals surface area contributed by atoms with E-state index in [4.69, 9.17) is 0 Å². The van der Waals surface area contributed by atoms with Crippen molar-refractivity contribution in [2.24, 2.45) is 0 Å². The maximum atomic E-state index is 11.8. The van der Waals surface area contributed by atoms with E-state index >= 15 is 0 Å². The summed E-state index contributed by atoms with van der Waals surface area (Å²) >= 11 is 0. The Morgan fingerprint density at radius 2 is 2.05 bits per heavy atom. The van der Waals surface area contributed by atoms with Crippen LogP contribution in [-0.4, -0.2) is 21.1 Å². The molecule has 1 heterocycles. The molecular formula is C14H18N4O. The molecule has 2 aromatic rings. The van der Waals surface area contributed by atoms with Crippen LogP contribution < -0.4 is 5.32 Å². The highest BCUT2D eigenvalue weighted by atomic mass is 16.2. The van der Waals surface area contributed by atoms with Gasteiger partial charge < -0.3 is 5.32 Å². The quantitative estimate of drug-likeness (QED) is 0.861. The highest BCUT2D eigenvalue weighted by molar-refractivity contribution is 5.90. The first kappa shape index (κ1) is 13.3. The molecule has 1 aromatic carbocycles. The average molecular weight is 258 g/mol. The van der Waals surface area contributed by atoms with Gasteiger partial charge in [0.15, 0.2) is 0 Å². The number of rotatable bonds is 5. The lowest BCUT2D eigenvalue weighted by Gasteiger charge is -2.03. The van der Waals surface area contributed by atoms with Crippen LogP contribution in [0.2, 0.25) is 0 Å². The summed E-state index contributed by atoms with van der Waals surface area (Å²) in [5.41, 5.74) is 2.26. The fourth-order valence-corrected chi connectivity index (χ4v) is 1.71. The van der Waals surface area contributed by atoms with Crippen LogP contribution in [0, 0.1) is 6.92 Å². The summed E-state index contributed by atoms with van der Waals surface area (Å²) in [5, 5.41) is 9.49. The second-order valence-electron chi connectivity index (χ2n) is 4.52. The van der Waals surface area contributed by atoms with E-state index in [9.17, 15) is 4.79 Å². The highest BCUT2D eigenvalue weighted by Crippen LogP contribution is 2.03. The Bertz CT molecular complexity index is 545. The molecule has 5 heteroatoms. The van der Waals surface area contributed by atoms with Crippen molar-refractivity contribution in [2.45, 2.75) is 33.2 Å². The van der Waals surface area contributed by atoms with Crippen LogP contribution in [-0.2, 0) is 13.0 Å². The Kier molecular flexibility index (Phi) is 4.28. The van der Waals surface area contributed by atoms with E-state index in [1.54, 1.807) is 0 Å². The summed E-state index contributed by atoms with van der Waals surface area (Å²) in [6.07, 6.45) is 1.78. The van der Waals surface area contributed by atoms with Gasteiger partial charge >= 0.3 is 0 Å². The molecule has 19 heavy (non-hydrogen) atoms. The molecule has 5 nitrogen and oxygen atoms in total. The lowest BCUT2D eigenvalue weighted by molar-refractivity contribution is 0.0941. The SMILES string of the molecule is CCCc1nc(C(=O)NCc2ccc(C)cc2)n[nH]1. The smallest absolute Gasteiger partial charge is 0.291 e. The van der Waals surface area contributed by atoms with E-state index < -0.39 is 0 Å². The zero-order chi connectivity index (χ0) is 13.7. The summed E-state index contributed by atoms with van der Waals surface area (Å²) in [4.78, 5) is 16.0. The van der Waals surface area contributed by atoms with E-state index in [0.29, 0.717) is 6.54 Å². The Morgan fingerprint density at radius 3 is 2.74 bits per heavy atom. The van der Waals surface area contributed by atoms with Crippen molar-refractivity contribution in [3.05, 3.63) is 47.0 Å². The van der Waals surface area contributed by atoms with Gasteiger partial charge in [0.2, 0.25) is 5.82 Å². The second kappa shape index (κ2) is 6.13. The van der Waals surface area contributed by atoms with Crippen LogP contribution in [0.15, 0.2) is 24.3 Å². The van der Waals surface area contributed by atoms with E-state index in [0.717, 1.165) is 24.2 Å². The van der Waals surface area contributed by atoms with Crippen molar-refractivity contribution >= 4 is 5.91 Å². The number of aromatic nitrogens is 3. The van der Waals surface area contributed by atoms with Gasteiger partial charge in [0.1, 0.15) is 5.82 Å². The fraction of sp³-hybridized carbons (Fsp3) is 0.357. The molecule has 2 N–H and O–H groups in total. The molecule has 1 aromatic heterocycles. The van der Waals surface area contributed by atoms with Gasteiger partial charge in [0, 0.05) is 13.0 Å². The van der Waals surface area contributed by atoms with Gasteiger partial charge in [0.05, 0.1) is 0 Å². The first-order valence-electron chi connectivity index (χ1n) is 6.44. The van der Waals surface area contributed by atoms with Crippen molar-refractivity contribution in [1.29, 1.82) is 0 Å². The summed E-state index contributed by atoms with van der Waals surface area (Å²) < 4.78 is 0. The van der Waals surface area contributed by atoms with Crippen LogP contribution >= 0.6 is 0 Å². The van der Waals surface area contributed by atoms with E-state index in [1.807, 2.05) is 31.2 Å². The number of aryl methyl sites for hydroxylation is 2. The molecule has 0 aliphatic carbocycles. The predicted molar refractivity (Wildman–Crippen MR) is 72.7 cm³/mol. The largest absolute Gasteiger partial charge is 0.345 e. The molecule has 100 valence electrons.